The zero-order valence-electron chi connectivity index (χ0n) is 13.3. The standard InChI is InChI=1S/C20H25NO/c1-2-3-4-5-16-6-11-18(12-7-16)19-13-8-17(9-14-19)10-15-20(21)22/h6-9,11-14H,2-5,10,15H2,1H3,(H2,21,22). The first-order valence-electron chi connectivity index (χ1n) is 8.15. The normalized spacial score (nSPS) is 10.6. The summed E-state index contributed by atoms with van der Waals surface area (Å²) >= 11 is 0. The van der Waals surface area contributed by atoms with E-state index in [0.29, 0.717) is 12.8 Å². The van der Waals surface area contributed by atoms with Gasteiger partial charge in [0.2, 0.25) is 5.91 Å². The van der Waals surface area contributed by atoms with Crippen LogP contribution < -0.4 is 5.73 Å². The zero-order valence-corrected chi connectivity index (χ0v) is 13.3. The van der Waals surface area contributed by atoms with Gasteiger partial charge in [-0.3, -0.25) is 4.79 Å². The number of unbranched alkanes of at least 4 members (excludes halogenated alkanes) is 2. The summed E-state index contributed by atoms with van der Waals surface area (Å²) in [6.07, 6.45) is 6.12. The minimum atomic E-state index is -0.247. The molecule has 2 aromatic carbocycles. The second-order valence-corrected chi connectivity index (χ2v) is 5.82. The van der Waals surface area contributed by atoms with Gasteiger partial charge in [-0.2, -0.15) is 0 Å². The molecule has 0 heterocycles. The van der Waals surface area contributed by atoms with Crippen LogP contribution >= 0.6 is 0 Å². The number of carbonyl (C=O) groups is 1. The molecule has 0 bridgehead atoms. The lowest BCUT2D eigenvalue weighted by Gasteiger charge is -2.06. The minimum Gasteiger partial charge on any atom is -0.370 e. The second kappa shape index (κ2) is 8.38. The highest BCUT2D eigenvalue weighted by atomic mass is 16.1. The van der Waals surface area contributed by atoms with E-state index in [2.05, 4.69) is 55.5 Å². The van der Waals surface area contributed by atoms with E-state index in [0.717, 1.165) is 5.56 Å². The monoisotopic (exact) mass is 295 g/mol. The summed E-state index contributed by atoms with van der Waals surface area (Å²) in [7, 11) is 0. The summed E-state index contributed by atoms with van der Waals surface area (Å²) in [6, 6.07) is 17.2. The summed E-state index contributed by atoms with van der Waals surface area (Å²) in [5, 5.41) is 0. The van der Waals surface area contributed by atoms with Crippen molar-refractivity contribution < 1.29 is 4.79 Å². The van der Waals surface area contributed by atoms with Crippen molar-refractivity contribution in [3.05, 3.63) is 59.7 Å². The van der Waals surface area contributed by atoms with Gasteiger partial charge in [0.25, 0.3) is 0 Å². The molecule has 0 saturated carbocycles. The van der Waals surface area contributed by atoms with Crippen molar-refractivity contribution in [2.24, 2.45) is 5.73 Å². The fourth-order valence-electron chi connectivity index (χ4n) is 2.57. The van der Waals surface area contributed by atoms with Gasteiger partial charge in [0.05, 0.1) is 0 Å². The minimum absolute atomic E-state index is 0.247. The average Bonchev–Trinajstić information content (AvgIpc) is 2.54. The lowest BCUT2D eigenvalue weighted by molar-refractivity contribution is -0.117. The topological polar surface area (TPSA) is 43.1 Å². The van der Waals surface area contributed by atoms with Crippen molar-refractivity contribution in [3.63, 3.8) is 0 Å². The number of benzene rings is 2. The third-order valence-corrected chi connectivity index (χ3v) is 3.97. The molecule has 2 aromatic rings. The number of nitrogens with two attached hydrogens (primary N) is 1. The molecule has 1 amide bonds. The highest BCUT2D eigenvalue weighted by Gasteiger charge is 2.01. The molecule has 0 atom stereocenters. The van der Waals surface area contributed by atoms with Gasteiger partial charge in [-0.25, -0.2) is 0 Å². The van der Waals surface area contributed by atoms with Crippen molar-refractivity contribution in [1.29, 1.82) is 0 Å². The van der Waals surface area contributed by atoms with Crippen LogP contribution in [0.2, 0.25) is 0 Å². The SMILES string of the molecule is CCCCCc1ccc(-c2ccc(CCC(N)=O)cc2)cc1. The van der Waals surface area contributed by atoms with Crippen LogP contribution in [0.3, 0.4) is 0 Å². The Hall–Kier alpha value is -2.09. The Kier molecular flexibility index (Phi) is 6.20. The van der Waals surface area contributed by atoms with Crippen molar-refractivity contribution in [2.75, 3.05) is 0 Å². The smallest absolute Gasteiger partial charge is 0.217 e. The van der Waals surface area contributed by atoms with Crippen molar-refractivity contribution >= 4 is 5.91 Å². The van der Waals surface area contributed by atoms with Gasteiger partial charge in [0.1, 0.15) is 0 Å². The zero-order chi connectivity index (χ0) is 15.8. The molecule has 0 fully saturated rings. The van der Waals surface area contributed by atoms with Crippen molar-refractivity contribution in [2.45, 2.75) is 45.4 Å². The summed E-state index contributed by atoms with van der Waals surface area (Å²) < 4.78 is 0. The molecule has 0 aromatic heterocycles. The number of hydrogen-bond donors (Lipinski definition) is 1. The van der Waals surface area contributed by atoms with Crippen molar-refractivity contribution in [1.82, 2.24) is 0 Å². The van der Waals surface area contributed by atoms with Crippen LogP contribution in [0, 0.1) is 0 Å². The third-order valence-electron chi connectivity index (χ3n) is 3.97. The predicted octanol–water partition coefficient (Wildman–Crippen LogP) is 4.50. The highest BCUT2D eigenvalue weighted by Crippen LogP contribution is 2.21. The van der Waals surface area contributed by atoms with E-state index < -0.39 is 0 Å². The van der Waals surface area contributed by atoms with Crippen LogP contribution in [0.15, 0.2) is 48.5 Å². The van der Waals surface area contributed by atoms with Crippen LogP contribution in [-0.2, 0) is 17.6 Å². The van der Waals surface area contributed by atoms with E-state index in [1.165, 1.54) is 42.4 Å². The number of primary amides is 1. The van der Waals surface area contributed by atoms with Crippen LogP contribution in [0.1, 0.15) is 43.7 Å². The summed E-state index contributed by atoms with van der Waals surface area (Å²) in [5.74, 6) is -0.247. The summed E-state index contributed by atoms with van der Waals surface area (Å²) in [6.45, 7) is 2.23. The largest absolute Gasteiger partial charge is 0.370 e. The first-order chi connectivity index (χ1) is 10.7. The van der Waals surface area contributed by atoms with E-state index in [4.69, 9.17) is 5.73 Å². The maximum absolute atomic E-state index is 10.8. The molecule has 0 saturated heterocycles. The number of rotatable bonds is 8. The Morgan fingerprint density at radius 1 is 0.818 bits per heavy atom. The van der Waals surface area contributed by atoms with Gasteiger partial charge in [0.15, 0.2) is 0 Å². The molecule has 0 aliphatic rings. The van der Waals surface area contributed by atoms with Crippen LogP contribution in [0.25, 0.3) is 11.1 Å². The fourth-order valence-corrected chi connectivity index (χ4v) is 2.57. The molecule has 0 aliphatic heterocycles. The van der Waals surface area contributed by atoms with E-state index in [-0.39, 0.29) is 5.91 Å². The molecule has 0 unspecified atom stereocenters. The first kappa shape index (κ1) is 16.3. The number of aryl methyl sites for hydroxylation is 2. The fraction of sp³-hybridized carbons (Fsp3) is 0.350. The summed E-state index contributed by atoms with van der Waals surface area (Å²) in [5.41, 5.74) is 10.2. The molecule has 2 N–H and O–H groups in total. The van der Waals surface area contributed by atoms with E-state index in [1.54, 1.807) is 0 Å². The molecule has 0 radical (unpaired) electrons. The number of amides is 1. The quantitative estimate of drug-likeness (QED) is 0.716. The molecule has 116 valence electrons. The van der Waals surface area contributed by atoms with E-state index in [1.807, 2.05) is 0 Å². The highest BCUT2D eigenvalue weighted by molar-refractivity contribution is 5.74. The molecular weight excluding hydrogens is 270 g/mol. The second-order valence-electron chi connectivity index (χ2n) is 5.82. The maximum atomic E-state index is 10.8. The van der Waals surface area contributed by atoms with Gasteiger partial charge in [0, 0.05) is 6.42 Å². The Labute approximate surface area is 133 Å². The van der Waals surface area contributed by atoms with Crippen LogP contribution in [0.4, 0.5) is 0 Å². The molecule has 0 aliphatic carbocycles. The van der Waals surface area contributed by atoms with Crippen LogP contribution in [-0.4, -0.2) is 5.91 Å². The van der Waals surface area contributed by atoms with Gasteiger partial charge in [-0.1, -0.05) is 68.3 Å². The molecule has 2 rings (SSSR count). The Morgan fingerprint density at radius 3 is 1.77 bits per heavy atom. The summed E-state index contributed by atoms with van der Waals surface area (Å²) in [4.78, 5) is 10.8. The first-order valence-corrected chi connectivity index (χ1v) is 8.15. The Bertz CT molecular complexity index is 584. The van der Waals surface area contributed by atoms with E-state index >= 15 is 0 Å². The number of hydrogen-bond acceptors (Lipinski definition) is 1. The van der Waals surface area contributed by atoms with Gasteiger partial charge >= 0.3 is 0 Å². The predicted molar refractivity (Wildman–Crippen MR) is 92.6 cm³/mol. The molecule has 22 heavy (non-hydrogen) atoms. The molecule has 2 heteroatoms. The van der Waals surface area contributed by atoms with Crippen LogP contribution in [0.5, 0.6) is 0 Å². The van der Waals surface area contributed by atoms with E-state index in [9.17, 15) is 4.79 Å². The Balaban J connectivity index is 1.97. The van der Waals surface area contributed by atoms with Gasteiger partial charge in [-0.05, 0) is 41.5 Å². The lowest BCUT2D eigenvalue weighted by Crippen LogP contribution is -2.11. The number of carbonyl (C=O) groups excluding carboxylic acids is 1. The van der Waals surface area contributed by atoms with Crippen molar-refractivity contribution in [3.8, 4) is 11.1 Å². The molecular formula is C20H25NO. The van der Waals surface area contributed by atoms with Gasteiger partial charge in [-0.15, -0.1) is 0 Å². The Morgan fingerprint density at radius 2 is 1.32 bits per heavy atom. The average molecular weight is 295 g/mol. The van der Waals surface area contributed by atoms with Gasteiger partial charge < -0.3 is 5.73 Å². The lowest BCUT2D eigenvalue weighted by atomic mass is 9.99. The third kappa shape index (κ3) is 5.03. The molecule has 2 nitrogen and oxygen atoms in total. The maximum Gasteiger partial charge on any atom is 0.217 e. The molecule has 0 spiro atoms.